The van der Waals surface area contributed by atoms with Crippen molar-refractivity contribution in [2.75, 3.05) is 18.1 Å². The number of aromatic nitrogens is 2. The van der Waals surface area contributed by atoms with E-state index >= 15 is 0 Å². The maximum Gasteiger partial charge on any atom is 0.250 e. The Morgan fingerprint density at radius 2 is 2.19 bits per heavy atom. The lowest BCUT2D eigenvalue weighted by Crippen LogP contribution is -2.45. The number of amides is 1. The summed E-state index contributed by atoms with van der Waals surface area (Å²) in [5, 5.41) is 2.18. The Kier molecular flexibility index (Phi) is 1.86. The first kappa shape index (κ1) is 9.21. The summed E-state index contributed by atoms with van der Waals surface area (Å²) in [6.07, 6.45) is 2.95. The Morgan fingerprint density at radius 1 is 1.38 bits per heavy atom. The van der Waals surface area contributed by atoms with Crippen molar-refractivity contribution in [2.24, 2.45) is 5.73 Å². The highest BCUT2D eigenvalue weighted by molar-refractivity contribution is 6.04. The molecule has 1 aliphatic heterocycles. The molecule has 1 fully saturated rings. The van der Waals surface area contributed by atoms with E-state index in [1.807, 2.05) is 16.8 Å². The lowest BCUT2D eigenvalue weighted by atomic mass is 10.2. The average molecular weight is 216 g/mol. The van der Waals surface area contributed by atoms with Gasteiger partial charge in [0.25, 0.3) is 5.91 Å². The van der Waals surface area contributed by atoms with Gasteiger partial charge in [-0.1, -0.05) is 6.07 Å². The smallest absolute Gasteiger partial charge is 0.250 e. The minimum Gasteiger partial charge on any atom is -0.366 e. The van der Waals surface area contributed by atoms with Gasteiger partial charge in [0, 0.05) is 13.1 Å². The molecule has 0 bridgehead atoms. The molecule has 0 saturated carbocycles. The van der Waals surface area contributed by atoms with Crippen LogP contribution in [0.15, 0.2) is 24.5 Å². The van der Waals surface area contributed by atoms with Gasteiger partial charge in [-0.3, -0.25) is 4.79 Å². The van der Waals surface area contributed by atoms with Crippen LogP contribution in [0.4, 0.5) is 0 Å². The van der Waals surface area contributed by atoms with Crippen LogP contribution in [0.25, 0.3) is 11.0 Å². The highest BCUT2D eigenvalue weighted by Crippen LogP contribution is 2.19. The zero-order valence-corrected chi connectivity index (χ0v) is 8.76. The van der Waals surface area contributed by atoms with E-state index < -0.39 is 5.91 Å². The Hall–Kier alpha value is -2.04. The lowest BCUT2D eigenvalue weighted by molar-refractivity contribution is 0.100. The predicted octanol–water partition coefficient (Wildman–Crippen LogP) is 0.477. The summed E-state index contributed by atoms with van der Waals surface area (Å²) in [4.78, 5) is 15.5. The summed E-state index contributed by atoms with van der Waals surface area (Å²) in [6.45, 7) is 2.07. The molecular weight excluding hydrogens is 204 g/mol. The third kappa shape index (κ3) is 1.18. The summed E-state index contributed by atoms with van der Waals surface area (Å²) in [5.74, 6) is -0.431. The van der Waals surface area contributed by atoms with Crippen LogP contribution < -0.4 is 10.7 Å². The third-order valence-electron chi connectivity index (χ3n) is 2.96. The second-order valence-electron chi connectivity index (χ2n) is 3.93. The van der Waals surface area contributed by atoms with Crippen LogP contribution in [0.5, 0.6) is 0 Å². The maximum absolute atomic E-state index is 11.2. The van der Waals surface area contributed by atoms with Crippen molar-refractivity contribution in [3.05, 3.63) is 30.1 Å². The van der Waals surface area contributed by atoms with E-state index in [9.17, 15) is 4.79 Å². The second-order valence-corrected chi connectivity index (χ2v) is 3.93. The minimum absolute atomic E-state index is 0.431. The number of hydrogen-bond acceptors (Lipinski definition) is 3. The highest BCUT2D eigenvalue weighted by Gasteiger charge is 2.18. The van der Waals surface area contributed by atoms with Gasteiger partial charge in [0.15, 0.2) is 0 Å². The predicted molar refractivity (Wildman–Crippen MR) is 60.8 cm³/mol. The number of rotatable bonds is 2. The number of primary amides is 1. The normalized spacial score (nSPS) is 15.1. The molecule has 1 amide bonds. The van der Waals surface area contributed by atoms with E-state index in [0.29, 0.717) is 11.1 Å². The van der Waals surface area contributed by atoms with E-state index in [2.05, 4.69) is 9.99 Å². The van der Waals surface area contributed by atoms with Gasteiger partial charge >= 0.3 is 0 Å². The number of para-hydroxylation sites is 1. The molecule has 1 aromatic heterocycles. The minimum atomic E-state index is -0.431. The molecule has 3 rings (SSSR count). The van der Waals surface area contributed by atoms with Crippen molar-refractivity contribution < 1.29 is 4.79 Å². The molecule has 0 aliphatic carbocycles. The van der Waals surface area contributed by atoms with E-state index in [-0.39, 0.29) is 0 Å². The molecule has 1 aromatic carbocycles. The Bertz CT molecular complexity index is 556. The molecule has 2 heterocycles. The largest absolute Gasteiger partial charge is 0.366 e. The fraction of sp³-hybridized carbons (Fsp3) is 0.273. The quantitative estimate of drug-likeness (QED) is 0.794. The number of fused-ring (bicyclic) bond motifs is 1. The first-order chi connectivity index (χ1) is 7.77. The van der Waals surface area contributed by atoms with Gasteiger partial charge in [-0.15, -0.1) is 0 Å². The number of nitrogens with two attached hydrogens (primary N) is 1. The fourth-order valence-electron chi connectivity index (χ4n) is 1.97. The highest BCUT2D eigenvalue weighted by atomic mass is 16.1. The van der Waals surface area contributed by atoms with Gasteiger partial charge in [0.2, 0.25) is 0 Å². The summed E-state index contributed by atoms with van der Waals surface area (Å²) >= 11 is 0. The maximum atomic E-state index is 11.2. The number of carbonyl (C=O) groups is 1. The van der Waals surface area contributed by atoms with Crippen molar-refractivity contribution >= 4 is 16.9 Å². The zero-order chi connectivity index (χ0) is 11.1. The number of nitrogens with zero attached hydrogens (tertiary/aromatic N) is 3. The van der Waals surface area contributed by atoms with Crippen molar-refractivity contribution in [3.8, 4) is 0 Å². The lowest BCUT2D eigenvalue weighted by Gasteiger charge is -2.33. The van der Waals surface area contributed by atoms with Gasteiger partial charge in [0.05, 0.1) is 11.1 Å². The molecule has 82 valence electrons. The van der Waals surface area contributed by atoms with E-state index in [4.69, 9.17) is 5.73 Å². The van der Waals surface area contributed by atoms with Gasteiger partial charge in [-0.2, -0.15) is 0 Å². The third-order valence-corrected chi connectivity index (χ3v) is 2.96. The molecule has 5 heteroatoms. The fourth-order valence-corrected chi connectivity index (χ4v) is 1.97. The van der Waals surface area contributed by atoms with Crippen molar-refractivity contribution in [1.82, 2.24) is 9.66 Å². The summed E-state index contributed by atoms with van der Waals surface area (Å²) in [5.41, 5.74) is 7.42. The van der Waals surface area contributed by atoms with E-state index in [0.717, 1.165) is 18.6 Å². The Balaban J connectivity index is 2.19. The van der Waals surface area contributed by atoms with Crippen LogP contribution in [0.3, 0.4) is 0 Å². The van der Waals surface area contributed by atoms with Crippen molar-refractivity contribution in [2.45, 2.75) is 6.42 Å². The number of benzene rings is 1. The van der Waals surface area contributed by atoms with Gasteiger partial charge in [-0.25, -0.2) is 9.66 Å². The number of hydrogen-bond donors (Lipinski definition) is 1. The summed E-state index contributed by atoms with van der Waals surface area (Å²) < 4.78 is 1.99. The molecule has 0 unspecified atom stereocenters. The van der Waals surface area contributed by atoms with Crippen LogP contribution in [-0.4, -0.2) is 28.7 Å². The van der Waals surface area contributed by atoms with E-state index in [1.54, 1.807) is 12.4 Å². The van der Waals surface area contributed by atoms with Crippen molar-refractivity contribution in [1.29, 1.82) is 0 Å². The molecule has 0 radical (unpaired) electrons. The topological polar surface area (TPSA) is 64.2 Å². The molecule has 16 heavy (non-hydrogen) atoms. The van der Waals surface area contributed by atoms with Crippen LogP contribution in [-0.2, 0) is 0 Å². The van der Waals surface area contributed by atoms with Crippen LogP contribution in [0.2, 0.25) is 0 Å². The molecule has 0 spiro atoms. The number of carbonyl (C=O) groups excluding carboxylic acids is 1. The van der Waals surface area contributed by atoms with Gasteiger partial charge in [-0.05, 0) is 18.6 Å². The second kappa shape index (κ2) is 3.23. The van der Waals surface area contributed by atoms with Crippen molar-refractivity contribution in [3.63, 3.8) is 0 Å². The van der Waals surface area contributed by atoms with Crippen LogP contribution >= 0.6 is 0 Å². The van der Waals surface area contributed by atoms with E-state index in [1.165, 1.54) is 6.42 Å². The Morgan fingerprint density at radius 3 is 2.81 bits per heavy atom. The molecule has 0 atom stereocenters. The first-order valence-electron chi connectivity index (χ1n) is 5.28. The average Bonchev–Trinajstić information content (AvgIpc) is 2.59. The monoisotopic (exact) mass is 216 g/mol. The molecule has 2 N–H and O–H groups in total. The molecule has 1 saturated heterocycles. The standard InChI is InChI=1S/C11H12N4O/c12-11(16)8-3-1-4-9-10(8)13-7-15(9)14-5-2-6-14/h1,3-4,7H,2,5-6H2,(H2,12,16). The zero-order valence-electron chi connectivity index (χ0n) is 8.76. The summed E-state index contributed by atoms with van der Waals surface area (Å²) in [7, 11) is 0. The summed E-state index contributed by atoms with van der Waals surface area (Å²) in [6, 6.07) is 5.49. The molecular formula is C11H12N4O. The molecule has 5 nitrogen and oxygen atoms in total. The molecule has 2 aromatic rings. The van der Waals surface area contributed by atoms with Crippen LogP contribution in [0, 0.1) is 0 Å². The SMILES string of the molecule is NC(=O)c1cccc2c1ncn2N1CCC1. The van der Waals surface area contributed by atoms with Crippen LogP contribution in [0.1, 0.15) is 16.8 Å². The Labute approximate surface area is 92.4 Å². The number of imidazole rings is 1. The first-order valence-corrected chi connectivity index (χ1v) is 5.28. The van der Waals surface area contributed by atoms with Gasteiger partial charge < -0.3 is 10.7 Å². The van der Waals surface area contributed by atoms with Gasteiger partial charge in [0.1, 0.15) is 11.8 Å². The molecule has 1 aliphatic rings.